The summed E-state index contributed by atoms with van der Waals surface area (Å²) in [6, 6.07) is 15.8. The van der Waals surface area contributed by atoms with E-state index in [2.05, 4.69) is 20.5 Å². The molecule has 1 amide bonds. The largest absolute Gasteiger partial charge is 0.450 e. The van der Waals surface area contributed by atoms with Crippen LogP contribution in [0.25, 0.3) is 21.9 Å². The Bertz CT molecular complexity index is 1610. The van der Waals surface area contributed by atoms with Crippen molar-refractivity contribution < 1.29 is 22.7 Å². The van der Waals surface area contributed by atoms with Crippen LogP contribution in [-0.4, -0.2) is 28.7 Å². The summed E-state index contributed by atoms with van der Waals surface area (Å²) in [4.78, 5) is 28.2. The third-order valence-corrected chi connectivity index (χ3v) is 6.07. The van der Waals surface area contributed by atoms with Crippen molar-refractivity contribution in [3.63, 3.8) is 0 Å². The number of alkyl carbamates (subject to hydrolysis) is 1. The van der Waals surface area contributed by atoms with Crippen LogP contribution in [0.1, 0.15) is 29.3 Å². The Balaban J connectivity index is 1.53. The highest BCUT2D eigenvalue weighted by atomic mass is 19.4. The van der Waals surface area contributed by atoms with E-state index >= 15 is 0 Å². The van der Waals surface area contributed by atoms with Gasteiger partial charge in [-0.3, -0.25) is 10.1 Å². The first kappa shape index (κ1) is 24.2. The van der Waals surface area contributed by atoms with Crippen LogP contribution in [0.4, 0.5) is 23.7 Å². The predicted molar refractivity (Wildman–Crippen MR) is 133 cm³/mol. The van der Waals surface area contributed by atoms with Gasteiger partial charge in [0.05, 0.1) is 28.9 Å². The van der Waals surface area contributed by atoms with Crippen LogP contribution in [0.5, 0.6) is 0 Å². The van der Waals surface area contributed by atoms with Crippen LogP contribution in [0.15, 0.2) is 70.5 Å². The molecule has 0 saturated heterocycles. The quantitative estimate of drug-likeness (QED) is 0.380. The molecule has 0 spiro atoms. The standard InChI is InChI=1S/C27H21F3N4O3/c1-2-37-26(36)32-24-14-17-9-8-16(13-22(17)31-24)20-11-15(7-10-21(20)27(28,29)30)12-23-18-5-3-4-6-19(18)25(35)34-33-23/h3-11,13H,2,12,14H2,1H3,(H,34,35)(H,31,32,36). The van der Waals surface area contributed by atoms with Crippen LogP contribution in [-0.2, 0) is 23.8 Å². The van der Waals surface area contributed by atoms with E-state index in [1.54, 1.807) is 49.4 Å². The first-order chi connectivity index (χ1) is 17.7. The van der Waals surface area contributed by atoms with Gasteiger partial charge in [0, 0.05) is 18.2 Å². The minimum absolute atomic E-state index is 0.00327. The molecule has 3 aromatic carbocycles. The molecular formula is C27H21F3N4O3. The number of carbonyl (C=O) groups is 1. The number of ether oxygens (including phenoxy) is 1. The Morgan fingerprint density at radius 1 is 1.08 bits per heavy atom. The van der Waals surface area contributed by atoms with Crippen LogP contribution < -0.4 is 10.9 Å². The van der Waals surface area contributed by atoms with Gasteiger partial charge in [0.25, 0.3) is 5.56 Å². The first-order valence-corrected chi connectivity index (χ1v) is 11.5. The Labute approximate surface area is 209 Å². The monoisotopic (exact) mass is 506 g/mol. The van der Waals surface area contributed by atoms with Crippen molar-refractivity contribution in [3.8, 4) is 11.1 Å². The Morgan fingerprint density at radius 3 is 2.62 bits per heavy atom. The molecule has 0 aliphatic carbocycles. The number of alkyl halides is 3. The molecule has 1 aliphatic heterocycles. The average molecular weight is 506 g/mol. The zero-order chi connectivity index (χ0) is 26.2. The molecule has 0 bridgehead atoms. The molecule has 4 aromatic rings. The van der Waals surface area contributed by atoms with Crippen molar-refractivity contribution in [2.45, 2.75) is 25.9 Å². The number of fused-ring (bicyclic) bond motifs is 2. The molecule has 0 atom stereocenters. The number of amidine groups is 1. The molecule has 2 heterocycles. The van der Waals surface area contributed by atoms with Gasteiger partial charge in [-0.05, 0) is 47.4 Å². The lowest BCUT2D eigenvalue weighted by Gasteiger charge is -2.15. The molecular weight excluding hydrogens is 485 g/mol. The summed E-state index contributed by atoms with van der Waals surface area (Å²) in [6.45, 7) is 1.89. The van der Waals surface area contributed by atoms with Gasteiger partial charge >= 0.3 is 12.3 Å². The summed E-state index contributed by atoms with van der Waals surface area (Å²) in [5, 5.41) is 10.3. The molecule has 188 valence electrons. The van der Waals surface area contributed by atoms with Crippen molar-refractivity contribution in [2.24, 2.45) is 4.99 Å². The molecule has 0 fully saturated rings. The molecule has 1 aromatic heterocycles. The molecule has 7 nitrogen and oxygen atoms in total. The molecule has 10 heteroatoms. The SMILES string of the molecule is CCOC(=O)NC1=Nc2cc(-c3cc(Cc4n[nH]c(=O)c5ccccc45)ccc3C(F)(F)F)ccc2C1. The summed E-state index contributed by atoms with van der Waals surface area (Å²) in [6.07, 6.45) is -4.65. The zero-order valence-electron chi connectivity index (χ0n) is 19.6. The van der Waals surface area contributed by atoms with Gasteiger partial charge in [-0.1, -0.05) is 42.5 Å². The number of hydrogen-bond acceptors (Lipinski definition) is 5. The van der Waals surface area contributed by atoms with E-state index in [1.807, 2.05) is 0 Å². The Morgan fingerprint density at radius 2 is 1.86 bits per heavy atom. The van der Waals surface area contributed by atoms with Gasteiger partial charge in [-0.25, -0.2) is 14.9 Å². The van der Waals surface area contributed by atoms with Crippen molar-refractivity contribution in [3.05, 3.63) is 93.4 Å². The second kappa shape index (κ2) is 9.53. The summed E-state index contributed by atoms with van der Waals surface area (Å²) in [5.74, 6) is 0.367. The smallest absolute Gasteiger partial charge is 0.417 e. The molecule has 0 unspecified atom stereocenters. The number of rotatable bonds is 4. The Kier molecular flexibility index (Phi) is 6.24. The third-order valence-electron chi connectivity index (χ3n) is 6.07. The fraction of sp³-hybridized carbons (Fsp3) is 0.185. The van der Waals surface area contributed by atoms with Crippen LogP contribution >= 0.6 is 0 Å². The summed E-state index contributed by atoms with van der Waals surface area (Å²) < 4.78 is 46.7. The van der Waals surface area contributed by atoms with Gasteiger partial charge < -0.3 is 4.74 Å². The van der Waals surface area contributed by atoms with Crippen molar-refractivity contribution in [1.82, 2.24) is 15.5 Å². The van der Waals surface area contributed by atoms with Crippen molar-refractivity contribution >= 4 is 28.4 Å². The van der Waals surface area contributed by atoms with E-state index in [0.717, 1.165) is 11.6 Å². The van der Waals surface area contributed by atoms with Crippen LogP contribution in [0.2, 0.25) is 0 Å². The van der Waals surface area contributed by atoms with Gasteiger partial charge in [0.15, 0.2) is 0 Å². The molecule has 0 saturated carbocycles. The number of aliphatic imine (C=N–C) groups is 1. The minimum atomic E-state index is -4.57. The van der Waals surface area contributed by atoms with E-state index in [-0.39, 0.29) is 24.2 Å². The second-order valence-electron chi connectivity index (χ2n) is 8.52. The molecule has 1 aliphatic rings. The number of carbonyl (C=O) groups excluding carboxylic acids is 1. The minimum Gasteiger partial charge on any atom is -0.450 e. The maximum Gasteiger partial charge on any atom is 0.417 e. The fourth-order valence-corrected chi connectivity index (χ4v) is 4.39. The number of aromatic nitrogens is 2. The second-order valence-corrected chi connectivity index (χ2v) is 8.52. The highest BCUT2D eigenvalue weighted by Crippen LogP contribution is 2.40. The first-order valence-electron chi connectivity index (χ1n) is 11.5. The Hall–Kier alpha value is -4.47. The summed E-state index contributed by atoms with van der Waals surface area (Å²) in [7, 11) is 0. The number of aromatic amines is 1. The van der Waals surface area contributed by atoms with E-state index in [4.69, 9.17) is 4.74 Å². The van der Waals surface area contributed by atoms with Gasteiger partial charge in [0.2, 0.25) is 0 Å². The highest BCUT2D eigenvalue weighted by molar-refractivity contribution is 6.01. The zero-order valence-corrected chi connectivity index (χ0v) is 19.6. The lowest BCUT2D eigenvalue weighted by Crippen LogP contribution is -2.30. The number of amides is 1. The van der Waals surface area contributed by atoms with E-state index < -0.39 is 17.8 Å². The number of nitrogens with zero attached hydrogens (tertiary/aromatic N) is 2. The number of H-pyrrole nitrogens is 1. The normalized spacial score (nSPS) is 12.8. The molecule has 5 rings (SSSR count). The van der Waals surface area contributed by atoms with E-state index in [9.17, 15) is 22.8 Å². The highest BCUT2D eigenvalue weighted by Gasteiger charge is 2.34. The number of halogens is 3. The molecule has 2 N–H and O–H groups in total. The van der Waals surface area contributed by atoms with E-state index in [1.165, 1.54) is 12.1 Å². The predicted octanol–water partition coefficient (Wildman–Crippen LogP) is 5.53. The topological polar surface area (TPSA) is 96.4 Å². The summed E-state index contributed by atoms with van der Waals surface area (Å²) in [5.41, 5.74) is 1.65. The number of hydrogen-bond donors (Lipinski definition) is 2. The fourth-order valence-electron chi connectivity index (χ4n) is 4.39. The van der Waals surface area contributed by atoms with Crippen LogP contribution in [0, 0.1) is 0 Å². The third kappa shape index (κ3) is 4.95. The van der Waals surface area contributed by atoms with E-state index in [0.29, 0.717) is 45.5 Å². The molecule has 0 radical (unpaired) electrons. The lowest BCUT2D eigenvalue weighted by atomic mass is 9.93. The lowest BCUT2D eigenvalue weighted by molar-refractivity contribution is -0.137. The summed E-state index contributed by atoms with van der Waals surface area (Å²) >= 11 is 0. The van der Waals surface area contributed by atoms with Crippen LogP contribution in [0.3, 0.4) is 0 Å². The molecule has 37 heavy (non-hydrogen) atoms. The maximum absolute atomic E-state index is 14.0. The van der Waals surface area contributed by atoms with Gasteiger partial charge in [-0.2, -0.15) is 18.3 Å². The maximum atomic E-state index is 14.0. The van der Waals surface area contributed by atoms with Crippen molar-refractivity contribution in [1.29, 1.82) is 0 Å². The number of nitrogens with one attached hydrogen (secondary N) is 2. The van der Waals surface area contributed by atoms with Gasteiger partial charge in [-0.15, -0.1) is 0 Å². The van der Waals surface area contributed by atoms with Crippen molar-refractivity contribution in [2.75, 3.05) is 6.61 Å². The average Bonchev–Trinajstić information content (AvgIpc) is 3.26. The number of benzene rings is 3. The van der Waals surface area contributed by atoms with Gasteiger partial charge in [0.1, 0.15) is 5.84 Å².